The van der Waals surface area contributed by atoms with Gasteiger partial charge in [-0.1, -0.05) is 30.3 Å². The third-order valence-corrected chi connectivity index (χ3v) is 10.3. The van der Waals surface area contributed by atoms with Crippen LogP contribution >= 0.6 is 23.1 Å². The summed E-state index contributed by atoms with van der Waals surface area (Å²) in [6, 6.07) is 22.9. The van der Waals surface area contributed by atoms with E-state index in [4.69, 9.17) is 14.2 Å². The first-order chi connectivity index (χ1) is 25.8. The van der Waals surface area contributed by atoms with Gasteiger partial charge in [-0.2, -0.15) is 5.26 Å². The summed E-state index contributed by atoms with van der Waals surface area (Å²) in [5.74, 6) is -0.378. The van der Waals surface area contributed by atoms with E-state index in [1.54, 1.807) is 78.6 Å². The third-order valence-electron chi connectivity index (χ3n) is 8.08. The van der Waals surface area contributed by atoms with Gasteiger partial charge in [-0.05, 0) is 93.8 Å². The zero-order valence-corrected chi connectivity index (χ0v) is 32.4. The number of nitrogens with one attached hydrogen (secondary N) is 3. The van der Waals surface area contributed by atoms with Crippen LogP contribution in [0, 0.1) is 11.3 Å². The number of rotatable bonds is 11. The number of methoxy groups -OCH3 is 2. The van der Waals surface area contributed by atoms with Crippen LogP contribution in [0.5, 0.6) is 11.5 Å². The maximum absolute atomic E-state index is 13.7. The molecule has 14 heteroatoms. The van der Waals surface area contributed by atoms with Crippen molar-refractivity contribution < 1.29 is 33.4 Å². The zero-order valence-electron chi connectivity index (χ0n) is 30.8. The molecular weight excluding hydrogens is 727 g/mol. The maximum atomic E-state index is 13.7. The van der Waals surface area contributed by atoms with E-state index in [0.29, 0.717) is 63.3 Å². The maximum Gasteiger partial charge on any atom is 0.410 e. The van der Waals surface area contributed by atoms with Crippen molar-refractivity contribution in [3.8, 4) is 17.6 Å². The number of carbonyl (C=O) groups is 4. The number of benzene rings is 3. The standard InChI is InChI=1S/C40H41N5O7S2/c1-24(35(46)44-38-30(22-41)29-17-18-45(23-34(29)54-38)39(49)52-40(2,3)4)53-28-14-10-13-27(21-28)42-37(48)31(43-36(47)26-11-8-7-9-12-26)19-25-15-16-32(50-5)33(20-25)51-6/h7-16,19-21,24H,17-18,23H2,1-6H3,(H,42,48)(H,43,47)(H,44,46)/b31-19+. The Balaban J connectivity index is 1.28. The molecule has 1 aromatic heterocycles. The minimum atomic E-state index is -0.629. The number of thiophene rings is 1. The molecule has 1 atom stereocenters. The smallest absolute Gasteiger partial charge is 0.410 e. The number of thioether (sulfide) groups is 1. The van der Waals surface area contributed by atoms with Crippen LogP contribution in [0.2, 0.25) is 0 Å². The molecule has 0 fully saturated rings. The van der Waals surface area contributed by atoms with Gasteiger partial charge in [0, 0.05) is 27.6 Å². The summed E-state index contributed by atoms with van der Waals surface area (Å²) in [7, 11) is 3.03. The van der Waals surface area contributed by atoms with E-state index in [-0.39, 0.29) is 11.6 Å². The Labute approximate surface area is 322 Å². The van der Waals surface area contributed by atoms with Crippen molar-refractivity contribution in [3.05, 3.63) is 106 Å². The minimum Gasteiger partial charge on any atom is -0.493 e. The van der Waals surface area contributed by atoms with Crippen LogP contribution in [0.3, 0.4) is 0 Å². The zero-order chi connectivity index (χ0) is 39.0. The van der Waals surface area contributed by atoms with E-state index in [9.17, 15) is 24.4 Å². The molecule has 1 aliphatic heterocycles. The number of nitriles is 1. The van der Waals surface area contributed by atoms with Crippen molar-refractivity contribution in [2.24, 2.45) is 0 Å². The van der Waals surface area contributed by atoms with Gasteiger partial charge in [-0.15, -0.1) is 23.1 Å². The fourth-order valence-corrected chi connectivity index (χ4v) is 7.60. The summed E-state index contributed by atoms with van der Waals surface area (Å²) in [6.07, 6.45) is 1.60. The second-order valence-electron chi connectivity index (χ2n) is 13.2. The molecule has 12 nitrogen and oxygen atoms in total. The molecule has 280 valence electrons. The van der Waals surface area contributed by atoms with Crippen LogP contribution in [-0.4, -0.2) is 60.3 Å². The Kier molecular flexibility index (Phi) is 12.7. The van der Waals surface area contributed by atoms with Crippen LogP contribution in [0.15, 0.2) is 83.4 Å². The molecule has 3 N–H and O–H groups in total. The third kappa shape index (κ3) is 10.00. The van der Waals surface area contributed by atoms with Gasteiger partial charge in [-0.3, -0.25) is 14.4 Å². The van der Waals surface area contributed by atoms with Gasteiger partial charge in [0.1, 0.15) is 22.4 Å². The first kappa shape index (κ1) is 39.4. The number of hydrogen-bond acceptors (Lipinski definition) is 10. The van der Waals surface area contributed by atoms with Gasteiger partial charge in [0.2, 0.25) is 5.91 Å². The van der Waals surface area contributed by atoms with Crippen LogP contribution in [-0.2, 0) is 27.3 Å². The number of anilines is 2. The Morgan fingerprint density at radius 1 is 0.963 bits per heavy atom. The van der Waals surface area contributed by atoms with Gasteiger partial charge < -0.3 is 35.1 Å². The lowest BCUT2D eigenvalue weighted by Crippen LogP contribution is -2.39. The minimum absolute atomic E-state index is 0.0111. The van der Waals surface area contributed by atoms with E-state index < -0.39 is 28.8 Å². The highest BCUT2D eigenvalue weighted by molar-refractivity contribution is 8.00. The van der Waals surface area contributed by atoms with Crippen molar-refractivity contribution in [1.29, 1.82) is 5.26 Å². The number of fused-ring (bicyclic) bond motifs is 1. The summed E-state index contributed by atoms with van der Waals surface area (Å²) >= 11 is 2.56. The van der Waals surface area contributed by atoms with Crippen molar-refractivity contribution in [2.45, 2.75) is 56.4 Å². The number of carbonyl (C=O) groups excluding carboxylic acids is 4. The number of nitrogens with zero attached hydrogens (tertiary/aromatic N) is 2. The Hall–Kier alpha value is -5.78. The molecule has 0 aliphatic carbocycles. The lowest BCUT2D eigenvalue weighted by molar-refractivity contribution is -0.115. The molecule has 5 rings (SSSR count). The molecule has 0 spiro atoms. The Morgan fingerprint density at radius 3 is 2.39 bits per heavy atom. The van der Waals surface area contributed by atoms with Crippen molar-refractivity contribution >= 4 is 63.7 Å². The number of ether oxygens (including phenoxy) is 3. The number of amides is 4. The first-order valence-electron chi connectivity index (χ1n) is 17.0. The summed E-state index contributed by atoms with van der Waals surface area (Å²) in [5, 5.41) is 18.3. The summed E-state index contributed by atoms with van der Waals surface area (Å²) in [4.78, 5) is 56.0. The normalized spacial score (nSPS) is 13.1. The lowest BCUT2D eigenvalue weighted by atomic mass is 10.0. The van der Waals surface area contributed by atoms with Crippen molar-refractivity contribution in [2.75, 3.05) is 31.4 Å². The molecule has 4 amide bonds. The van der Waals surface area contributed by atoms with E-state index >= 15 is 0 Å². The van der Waals surface area contributed by atoms with Gasteiger partial charge in [0.15, 0.2) is 11.5 Å². The second-order valence-corrected chi connectivity index (χ2v) is 15.7. The van der Waals surface area contributed by atoms with Gasteiger partial charge in [0.05, 0.1) is 31.6 Å². The van der Waals surface area contributed by atoms with Gasteiger partial charge >= 0.3 is 6.09 Å². The fourth-order valence-electron chi connectivity index (χ4n) is 5.46. The summed E-state index contributed by atoms with van der Waals surface area (Å²) < 4.78 is 16.3. The Morgan fingerprint density at radius 2 is 1.70 bits per heavy atom. The molecule has 4 aromatic rings. The van der Waals surface area contributed by atoms with Crippen molar-refractivity contribution in [3.63, 3.8) is 0 Å². The second kappa shape index (κ2) is 17.4. The molecule has 0 saturated carbocycles. The highest BCUT2D eigenvalue weighted by Gasteiger charge is 2.30. The van der Waals surface area contributed by atoms with Gasteiger partial charge in [0.25, 0.3) is 11.8 Å². The average molecular weight is 768 g/mol. The molecule has 2 heterocycles. The van der Waals surface area contributed by atoms with Crippen molar-refractivity contribution in [1.82, 2.24) is 10.2 Å². The molecule has 54 heavy (non-hydrogen) atoms. The number of hydrogen-bond donors (Lipinski definition) is 3. The van der Waals surface area contributed by atoms with Crippen LogP contribution < -0.4 is 25.4 Å². The first-order valence-corrected chi connectivity index (χ1v) is 18.7. The largest absolute Gasteiger partial charge is 0.493 e. The van der Waals surface area contributed by atoms with E-state index in [0.717, 1.165) is 10.4 Å². The summed E-state index contributed by atoms with van der Waals surface area (Å²) in [6.45, 7) is 7.88. The molecule has 0 radical (unpaired) electrons. The Bertz CT molecular complexity index is 2120. The molecule has 3 aromatic carbocycles. The molecule has 0 saturated heterocycles. The molecule has 1 unspecified atom stereocenters. The van der Waals surface area contributed by atoms with E-state index in [1.807, 2.05) is 26.8 Å². The monoisotopic (exact) mass is 767 g/mol. The van der Waals surface area contributed by atoms with Gasteiger partial charge in [-0.25, -0.2) is 4.79 Å². The van der Waals surface area contributed by atoms with E-state index in [1.165, 1.54) is 43.4 Å². The topological polar surface area (TPSA) is 159 Å². The molecule has 1 aliphatic rings. The van der Waals surface area contributed by atoms with E-state index in [2.05, 4.69) is 22.0 Å². The van der Waals surface area contributed by atoms with Crippen LogP contribution in [0.4, 0.5) is 15.5 Å². The predicted octanol–water partition coefficient (Wildman–Crippen LogP) is 7.46. The average Bonchev–Trinajstić information content (AvgIpc) is 3.50. The molecular formula is C40H41N5O7S2. The highest BCUT2D eigenvalue weighted by atomic mass is 32.2. The SMILES string of the molecule is COc1ccc(/C=C(/NC(=O)c2ccccc2)C(=O)Nc2cccc(SC(C)C(=O)Nc3sc4c(c3C#N)CCN(C(=O)OC(C)(C)C)C4)c2)cc1OC. The quantitative estimate of drug-likeness (QED) is 0.104. The predicted molar refractivity (Wildman–Crippen MR) is 210 cm³/mol. The molecule has 0 bridgehead atoms. The highest BCUT2D eigenvalue weighted by Crippen LogP contribution is 2.38. The fraction of sp³-hybridized carbons (Fsp3) is 0.275. The van der Waals surface area contributed by atoms with Crippen LogP contribution in [0.25, 0.3) is 6.08 Å². The van der Waals surface area contributed by atoms with Crippen LogP contribution in [0.1, 0.15) is 59.6 Å². The summed E-state index contributed by atoms with van der Waals surface area (Å²) in [5.41, 5.74) is 2.00. The lowest BCUT2D eigenvalue weighted by Gasteiger charge is -2.29.